The van der Waals surface area contributed by atoms with E-state index >= 15 is 0 Å². The molecule has 1 rings (SSSR count). The first-order valence-corrected chi connectivity index (χ1v) is 7.03. The van der Waals surface area contributed by atoms with Crippen LogP contribution >= 0.6 is 0 Å². The van der Waals surface area contributed by atoms with Gasteiger partial charge in [0, 0.05) is 5.56 Å². The summed E-state index contributed by atoms with van der Waals surface area (Å²) in [5.74, 6) is -0.192. The summed E-state index contributed by atoms with van der Waals surface area (Å²) in [6, 6.07) is 6.75. The maximum Gasteiger partial charge on any atom is 0.128 e. The van der Waals surface area contributed by atoms with Gasteiger partial charge >= 0.3 is 0 Å². The second-order valence-corrected chi connectivity index (χ2v) is 5.23. The van der Waals surface area contributed by atoms with Crippen LogP contribution in [0.3, 0.4) is 0 Å². The smallest absolute Gasteiger partial charge is 0.128 e. The first-order chi connectivity index (χ1) is 10.0. The van der Waals surface area contributed by atoms with E-state index in [1.807, 2.05) is 43.3 Å². The third-order valence-electron chi connectivity index (χ3n) is 3.43. The molecule has 0 aliphatic rings. The second kappa shape index (κ2) is 8.38. The van der Waals surface area contributed by atoms with Crippen LogP contribution in [0.5, 0.6) is 0 Å². The molecule has 112 valence electrons. The fourth-order valence-corrected chi connectivity index (χ4v) is 2.41. The van der Waals surface area contributed by atoms with Crippen molar-refractivity contribution in [2.24, 2.45) is 0 Å². The van der Waals surface area contributed by atoms with E-state index in [0.29, 0.717) is 5.56 Å². The molecule has 0 aliphatic carbocycles. The van der Waals surface area contributed by atoms with Crippen LogP contribution in [0.4, 0.5) is 4.39 Å². The number of rotatable bonds is 8. The highest BCUT2D eigenvalue weighted by atomic mass is 19.1. The molecule has 0 fully saturated rings. The summed E-state index contributed by atoms with van der Waals surface area (Å²) in [6.45, 7) is 11.7. The first-order valence-electron chi connectivity index (χ1n) is 7.03. The van der Waals surface area contributed by atoms with Crippen LogP contribution in [0.2, 0.25) is 0 Å². The Morgan fingerprint density at radius 1 is 1.24 bits per heavy atom. The minimum atomic E-state index is -0.192. The van der Waals surface area contributed by atoms with Crippen LogP contribution in [0, 0.1) is 5.82 Å². The molecule has 0 saturated carbocycles. The molecule has 1 atom stereocenters. The van der Waals surface area contributed by atoms with Gasteiger partial charge in [0.1, 0.15) is 5.82 Å². The molecule has 0 N–H and O–H groups in total. The Hall–Kier alpha value is -1.93. The zero-order valence-corrected chi connectivity index (χ0v) is 13.0. The molecule has 21 heavy (non-hydrogen) atoms. The topological polar surface area (TPSA) is 3.24 Å². The highest BCUT2D eigenvalue weighted by Gasteiger charge is 2.20. The van der Waals surface area contributed by atoms with Gasteiger partial charge in [-0.2, -0.15) is 0 Å². The SMILES string of the molecule is C=C/C=C(\C=C)CCC(=C)C(c1ccccc1F)N(C)C. The summed E-state index contributed by atoms with van der Waals surface area (Å²) in [4.78, 5) is 1.99. The van der Waals surface area contributed by atoms with Crippen molar-refractivity contribution < 1.29 is 4.39 Å². The highest BCUT2D eigenvalue weighted by Crippen LogP contribution is 2.30. The lowest BCUT2D eigenvalue weighted by Gasteiger charge is -2.27. The fraction of sp³-hybridized carbons (Fsp3) is 0.263. The zero-order valence-electron chi connectivity index (χ0n) is 13.0. The number of hydrogen-bond donors (Lipinski definition) is 0. The van der Waals surface area contributed by atoms with Gasteiger partial charge in [0.25, 0.3) is 0 Å². The Balaban J connectivity index is 2.90. The molecule has 0 saturated heterocycles. The molecule has 1 nitrogen and oxygen atoms in total. The summed E-state index contributed by atoms with van der Waals surface area (Å²) >= 11 is 0. The Bertz CT molecular complexity index is 540. The maximum absolute atomic E-state index is 14.0. The molecule has 0 spiro atoms. The van der Waals surface area contributed by atoms with Crippen molar-refractivity contribution in [3.05, 3.63) is 84.8 Å². The Labute approximate surface area is 127 Å². The predicted molar refractivity (Wildman–Crippen MR) is 89.7 cm³/mol. The van der Waals surface area contributed by atoms with Gasteiger partial charge in [-0.05, 0) is 38.6 Å². The Kier molecular flexibility index (Phi) is 6.83. The van der Waals surface area contributed by atoms with E-state index in [-0.39, 0.29) is 11.9 Å². The van der Waals surface area contributed by atoms with Crippen LogP contribution in [-0.4, -0.2) is 19.0 Å². The van der Waals surface area contributed by atoms with Crippen molar-refractivity contribution in [2.45, 2.75) is 18.9 Å². The summed E-state index contributed by atoms with van der Waals surface area (Å²) in [7, 11) is 3.88. The van der Waals surface area contributed by atoms with Gasteiger partial charge in [0.15, 0.2) is 0 Å². The summed E-state index contributed by atoms with van der Waals surface area (Å²) < 4.78 is 14.0. The van der Waals surface area contributed by atoms with E-state index in [1.165, 1.54) is 6.07 Å². The van der Waals surface area contributed by atoms with Crippen molar-refractivity contribution in [3.8, 4) is 0 Å². The lowest BCUT2D eigenvalue weighted by Crippen LogP contribution is -2.22. The van der Waals surface area contributed by atoms with Gasteiger partial charge in [-0.15, -0.1) is 0 Å². The molecular formula is C19H24FN. The van der Waals surface area contributed by atoms with Crippen LogP contribution in [0.15, 0.2) is 73.4 Å². The van der Waals surface area contributed by atoms with Crippen LogP contribution in [-0.2, 0) is 0 Å². The van der Waals surface area contributed by atoms with E-state index in [1.54, 1.807) is 12.1 Å². The van der Waals surface area contributed by atoms with Crippen molar-refractivity contribution in [1.29, 1.82) is 0 Å². The average molecular weight is 285 g/mol. The number of hydrogen-bond acceptors (Lipinski definition) is 1. The van der Waals surface area contributed by atoms with E-state index in [0.717, 1.165) is 24.0 Å². The summed E-state index contributed by atoms with van der Waals surface area (Å²) in [5.41, 5.74) is 2.76. The molecule has 1 aromatic rings. The van der Waals surface area contributed by atoms with Gasteiger partial charge in [-0.25, -0.2) is 4.39 Å². The molecule has 0 aliphatic heterocycles. The standard InChI is InChI=1S/C19H24FN/c1-6-10-16(7-2)14-13-15(3)19(21(4)5)17-11-8-9-12-18(17)20/h6-12,19H,1-3,13-14H2,4-5H3/b16-10+. The van der Waals surface area contributed by atoms with E-state index in [9.17, 15) is 4.39 Å². The van der Waals surface area contributed by atoms with E-state index < -0.39 is 0 Å². The predicted octanol–water partition coefficient (Wildman–Crippen LogP) is 5.06. The van der Waals surface area contributed by atoms with Gasteiger partial charge in [0.05, 0.1) is 6.04 Å². The molecule has 0 heterocycles. The number of likely N-dealkylation sites (N-methyl/N-ethyl adjacent to an activating group) is 1. The first kappa shape index (κ1) is 17.1. The monoisotopic (exact) mass is 285 g/mol. The van der Waals surface area contributed by atoms with Crippen molar-refractivity contribution in [2.75, 3.05) is 14.1 Å². The van der Waals surface area contributed by atoms with Gasteiger partial charge in [-0.1, -0.05) is 61.7 Å². The number of nitrogens with zero attached hydrogens (tertiary/aromatic N) is 1. The quantitative estimate of drug-likeness (QED) is 0.476. The molecule has 0 bridgehead atoms. The Morgan fingerprint density at radius 2 is 1.90 bits per heavy atom. The van der Waals surface area contributed by atoms with Gasteiger partial charge in [0.2, 0.25) is 0 Å². The van der Waals surface area contributed by atoms with Gasteiger partial charge < -0.3 is 0 Å². The minimum absolute atomic E-state index is 0.124. The lowest BCUT2D eigenvalue weighted by atomic mass is 9.93. The zero-order chi connectivity index (χ0) is 15.8. The third kappa shape index (κ3) is 4.83. The molecular weight excluding hydrogens is 261 g/mol. The maximum atomic E-state index is 14.0. The molecule has 2 heteroatoms. The molecule has 1 unspecified atom stereocenters. The third-order valence-corrected chi connectivity index (χ3v) is 3.43. The summed E-state index contributed by atoms with van der Waals surface area (Å²) in [5, 5.41) is 0. The Morgan fingerprint density at radius 3 is 2.43 bits per heavy atom. The van der Waals surface area contributed by atoms with Gasteiger partial charge in [-0.3, -0.25) is 4.90 Å². The van der Waals surface area contributed by atoms with Crippen LogP contribution in [0.25, 0.3) is 0 Å². The second-order valence-electron chi connectivity index (χ2n) is 5.23. The normalized spacial score (nSPS) is 13.0. The number of halogens is 1. The minimum Gasteiger partial charge on any atom is -0.299 e. The molecule has 0 aromatic heterocycles. The molecule has 0 radical (unpaired) electrons. The van der Waals surface area contributed by atoms with Crippen molar-refractivity contribution >= 4 is 0 Å². The largest absolute Gasteiger partial charge is 0.299 e. The molecule has 1 aromatic carbocycles. The number of benzene rings is 1. The van der Waals surface area contributed by atoms with Crippen molar-refractivity contribution in [1.82, 2.24) is 4.90 Å². The number of allylic oxidation sites excluding steroid dienone is 4. The van der Waals surface area contributed by atoms with E-state index in [4.69, 9.17) is 0 Å². The van der Waals surface area contributed by atoms with Crippen LogP contribution < -0.4 is 0 Å². The molecule has 0 amide bonds. The van der Waals surface area contributed by atoms with E-state index in [2.05, 4.69) is 19.7 Å². The fourth-order valence-electron chi connectivity index (χ4n) is 2.41. The lowest BCUT2D eigenvalue weighted by molar-refractivity contribution is 0.324. The highest BCUT2D eigenvalue weighted by molar-refractivity contribution is 5.30. The van der Waals surface area contributed by atoms with Crippen LogP contribution in [0.1, 0.15) is 24.4 Å². The van der Waals surface area contributed by atoms with Crippen molar-refractivity contribution in [3.63, 3.8) is 0 Å². The average Bonchev–Trinajstić information content (AvgIpc) is 2.45. The summed E-state index contributed by atoms with van der Waals surface area (Å²) in [6.07, 6.45) is 7.12.